The van der Waals surface area contributed by atoms with E-state index in [1.807, 2.05) is 48.5 Å². The van der Waals surface area contributed by atoms with Gasteiger partial charge in [0.25, 0.3) is 0 Å². The van der Waals surface area contributed by atoms with E-state index in [0.29, 0.717) is 11.8 Å². The van der Waals surface area contributed by atoms with Gasteiger partial charge in [0.15, 0.2) is 11.2 Å². The van der Waals surface area contributed by atoms with Gasteiger partial charge < -0.3 is 8.83 Å². The summed E-state index contributed by atoms with van der Waals surface area (Å²) in [6, 6.07) is 36.0. The van der Waals surface area contributed by atoms with Gasteiger partial charge in [-0.2, -0.15) is 0 Å². The zero-order valence-corrected chi connectivity index (χ0v) is 25.0. The van der Waals surface area contributed by atoms with Gasteiger partial charge in [0.2, 0.25) is 11.8 Å². The summed E-state index contributed by atoms with van der Waals surface area (Å²) >= 11 is 0. The number of rotatable bonds is 3. The quantitative estimate of drug-likeness (QED) is 0.216. The third-order valence-electron chi connectivity index (χ3n) is 8.89. The molecule has 0 atom stereocenters. The Labute approximate surface area is 251 Å². The maximum Gasteiger partial charge on any atom is 0.227 e. The third-order valence-corrected chi connectivity index (χ3v) is 8.89. The van der Waals surface area contributed by atoms with E-state index in [4.69, 9.17) is 18.8 Å². The molecule has 0 saturated carbocycles. The molecule has 0 bridgehead atoms. The van der Waals surface area contributed by atoms with Crippen LogP contribution in [0.1, 0.15) is 51.3 Å². The Morgan fingerprint density at radius 3 is 1.60 bits per heavy atom. The lowest BCUT2D eigenvalue weighted by Gasteiger charge is -2.25. The van der Waals surface area contributed by atoms with Gasteiger partial charge >= 0.3 is 0 Å². The fourth-order valence-corrected chi connectivity index (χ4v) is 6.42. The number of aromatic nitrogens is 2. The molecule has 0 spiro atoms. The second-order valence-electron chi connectivity index (χ2n) is 13.2. The molecule has 8 rings (SSSR count). The minimum Gasteiger partial charge on any atom is -0.436 e. The highest BCUT2D eigenvalue weighted by molar-refractivity contribution is 5.86. The summed E-state index contributed by atoms with van der Waals surface area (Å²) in [5.41, 5.74) is 13.8. The van der Waals surface area contributed by atoms with Crippen LogP contribution in [0.5, 0.6) is 0 Å². The van der Waals surface area contributed by atoms with E-state index in [-0.39, 0.29) is 10.8 Å². The van der Waals surface area contributed by atoms with E-state index in [1.54, 1.807) is 0 Å². The minimum atomic E-state index is -0.122. The largest absolute Gasteiger partial charge is 0.436 e. The molecule has 0 N–H and O–H groups in total. The molecule has 43 heavy (non-hydrogen) atoms. The zero-order valence-electron chi connectivity index (χ0n) is 25.0. The van der Waals surface area contributed by atoms with E-state index in [2.05, 4.69) is 89.2 Å². The minimum absolute atomic E-state index is 0.0945. The Bertz CT molecular complexity index is 2050. The molecular formula is C39H32N2O2. The molecule has 4 heteroatoms. The summed E-state index contributed by atoms with van der Waals surface area (Å²) < 4.78 is 12.4. The van der Waals surface area contributed by atoms with Gasteiger partial charge in [-0.25, -0.2) is 9.97 Å². The Balaban J connectivity index is 1.30. The van der Waals surface area contributed by atoms with Gasteiger partial charge in [-0.15, -0.1) is 0 Å². The van der Waals surface area contributed by atoms with E-state index >= 15 is 0 Å². The lowest BCUT2D eigenvalue weighted by atomic mass is 9.78. The van der Waals surface area contributed by atoms with Crippen molar-refractivity contribution in [2.24, 2.45) is 0 Å². The first-order valence-corrected chi connectivity index (χ1v) is 14.8. The Morgan fingerprint density at radius 1 is 0.535 bits per heavy atom. The molecule has 2 heterocycles. The van der Waals surface area contributed by atoms with Crippen molar-refractivity contribution in [2.75, 3.05) is 0 Å². The van der Waals surface area contributed by atoms with Crippen LogP contribution in [0.4, 0.5) is 0 Å². The number of hydrogen-bond donors (Lipinski definition) is 0. The lowest BCUT2D eigenvalue weighted by Crippen LogP contribution is -2.17. The standard InChI is InChI=1S/C39H32N2O2/c1-38(2,3)27-15-17-29-28-16-14-23(21-30(28)39(4,5)31(29)22-27)24-18-25(36-40-32-10-6-8-12-34(32)42-36)20-26(19-24)37-41-33-11-7-9-13-35(33)43-37/h6-22H,1-5H3. The first-order valence-electron chi connectivity index (χ1n) is 14.8. The van der Waals surface area contributed by atoms with Gasteiger partial charge in [-0.05, 0) is 92.9 Å². The number of hydrogen-bond acceptors (Lipinski definition) is 4. The van der Waals surface area contributed by atoms with Crippen molar-refractivity contribution in [3.8, 4) is 45.2 Å². The van der Waals surface area contributed by atoms with Gasteiger partial charge in [0.1, 0.15) is 11.0 Å². The Kier molecular flexibility index (Phi) is 5.40. The number of benzene rings is 5. The van der Waals surface area contributed by atoms with Gasteiger partial charge in [0.05, 0.1) is 0 Å². The van der Waals surface area contributed by atoms with E-state index in [0.717, 1.165) is 44.5 Å². The van der Waals surface area contributed by atoms with Crippen LogP contribution in [-0.2, 0) is 10.8 Å². The van der Waals surface area contributed by atoms with Crippen LogP contribution in [0.3, 0.4) is 0 Å². The van der Waals surface area contributed by atoms with Crippen LogP contribution in [0, 0.1) is 0 Å². The average molecular weight is 561 g/mol. The number of para-hydroxylation sites is 4. The third kappa shape index (κ3) is 4.12. The summed E-state index contributed by atoms with van der Waals surface area (Å²) in [7, 11) is 0. The lowest BCUT2D eigenvalue weighted by molar-refractivity contribution is 0.584. The van der Waals surface area contributed by atoms with Crippen molar-refractivity contribution >= 4 is 22.2 Å². The van der Waals surface area contributed by atoms with Crippen LogP contribution in [0.2, 0.25) is 0 Å². The van der Waals surface area contributed by atoms with Gasteiger partial charge in [-0.1, -0.05) is 89.2 Å². The molecule has 2 aromatic heterocycles. The summed E-state index contributed by atoms with van der Waals surface area (Å²) in [5.74, 6) is 1.15. The fraction of sp³-hybridized carbons (Fsp3) is 0.179. The monoisotopic (exact) mass is 560 g/mol. The molecule has 5 aromatic carbocycles. The first kappa shape index (κ1) is 25.7. The molecule has 0 unspecified atom stereocenters. The smallest absolute Gasteiger partial charge is 0.227 e. The summed E-state index contributed by atoms with van der Waals surface area (Å²) in [5, 5.41) is 0. The van der Waals surface area contributed by atoms with Crippen LogP contribution < -0.4 is 0 Å². The average Bonchev–Trinajstić information content (AvgIpc) is 3.69. The second kappa shape index (κ2) is 9.02. The number of fused-ring (bicyclic) bond motifs is 5. The molecule has 7 aromatic rings. The maximum absolute atomic E-state index is 6.22. The Morgan fingerprint density at radius 2 is 1.05 bits per heavy atom. The van der Waals surface area contributed by atoms with Crippen molar-refractivity contribution in [2.45, 2.75) is 45.4 Å². The van der Waals surface area contributed by atoms with Crippen LogP contribution in [0.15, 0.2) is 112 Å². The van der Waals surface area contributed by atoms with Crippen molar-refractivity contribution in [1.82, 2.24) is 9.97 Å². The fourth-order valence-electron chi connectivity index (χ4n) is 6.42. The van der Waals surface area contributed by atoms with Crippen molar-refractivity contribution in [1.29, 1.82) is 0 Å². The predicted octanol–water partition coefficient (Wildman–Crippen LogP) is 10.6. The number of oxazole rings is 2. The van der Waals surface area contributed by atoms with E-state index < -0.39 is 0 Å². The van der Waals surface area contributed by atoms with Crippen molar-refractivity contribution < 1.29 is 8.83 Å². The normalized spacial score (nSPS) is 13.9. The number of nitrogens with zero attached hydrogens (tertiary/aromatic N) is 2. The molecular weight excluding hydrogens is 528 g/mol. The maximum atomic E-state index is 6.22. The summed E-state index contributed by atoms with van der Waals surface area (Å²) in [4.78, 5) is 9.63. The van der Waals surface area contributed by atoms with Gasteiger partial charge in [0, 0.05) is 16.5 Å². The summed E-state index contributed by atoms with van der Waals surface area (Å²) in [6.45, 7) is 11.5. The molecule has 4 nitrogen and oxygen atoms in total. The van der Waals surface area contributed by atoms with Crippen molar-refractivity contribution in [3.05, 3.63) is 120 Å². The first-order chi connectivity index (χ1) is 20.6. The van der Waals surface area contributed by atoms with E-state index in [1.165, 1.54) is 27.8 Å². The molecule has 0 fully saturated rings. The Hall–Kier alpha value is -4.96. The van der Waals surface area contributed by atoms with Crippen LogP contribution in [-0.4, -0.2) is 9.97 Å². The SMILES string of the molecule is CC(C)(C)c1ccc2c(c1)C(C)(C)c1cc(-c3cc(-c4nc5ccccc5o4)cc(-c4nc5ccccc5o4)c3)ccc1-2. The predicted molar refractivity (Wildman–Crippen MR) is 174 cm³/mol. The highest BCUT2D eigenvalue weighted by Crippen LogP contribution is 2.51. The molecule has 1 aliphatic rings. The zero-order chi connectivity index (χ0) is 29.5. The molecule has 0 radical (unpaired) electrons. The van der Waals surface area contributed by atoms with Crippen LogP contribution in [0.25, 0.3) is 67.4 Å². The molecule has 1 aliphatic carbocycles. The molecule has 210 valence electrons. The van der Waals surface area contributed by atoms with Crippen LogP contribution >= 0.6 is 0 Å². The molecule has 0 amide bonds. The van der Waals surface area contributed by atoms with E-state index in [9.17, 15) is 0 Å². The second-order valence-corrected chi connectivity index (χ2v) is 13.2. The highest BCUT2D eigenvalue weighted by atomic mass is 16.4. The topological polar surface area (TPSA) is 52.1 Å². The molecule has 0 saturated heterocycles. The van der Waals surface area contributed by atoms with Gasteiger partial charge in [-0.3, -0.25) is 0 Å². The highest BCUT2D eigenvalue weighted by Gasteiger charge is 2.36. The molecule has 0 aliphatic heterocycles. The van der Waals surface area contributed by atoms with Crippen molar-refractivity contribution in [3.63, 3.8) is 0 Å². The summed E-state index contributed by atoms with van der Waals surface area (Å²) in [6.07, 6.45) is 0.